The second kappa shape index (κ2) is 11.6. The van der Waals surface area contributed by atoms with Crippen LogP contribution in [0.2, 0.25) is 5.02 Å². The van der Waals surface area contributed by atoms with Gasteiger partial charge in [-0.3, -0.25) is 14.4 Å². The van der Waals surface area contributed by atoms with Crippen molar-refractivity contribution in [3.8, 4) is 5.75 Å². The SMILES string of the molecule is Cc1ccc(C)c(NC(=O)COc2ccccc2/C=N\NC(=O)C(=O)Nc2ccccc2Cl)c1. The number of anilines is 2. The summed E-state index contributed by atoms with van der Waals surface area (Å²) in [5.41, 5.74) is 5.67. The Morgan fingerprint density at radius 3 is 2.44 bits per heavy atom. The Balaban J connectivity index is 1.55. The summed E-state index contributed by atoms with van der Waals surface area (Å²) >= 11 is 5.97. The molecule has 34 heavy (non-hydrogen) atoms. The van der Waals surface area contributed by atoms with E-state index in [9.17, 15) is 14.4 Å². The zero-order valence-corrected chi connectivity index (χ0v) is 19.3. The molecule has 0 heterocycles. The van der Waals surface area contributed by atoms with Gasteiger partial charge in [-0.25, -0.2) is 5.43 Å². The van der Waals surface area contributed by atoms with E-state index in [2.05, 4.69) is 21.2 Å². The van der Waals surface area contributed by atoms with E-state index in [-0.39, 0.29) is 12.5 Å². The molecule has 0 radical (unpaired) electrons. The molecule has 3 aromatic rings. The number of hydrazone groups is 1. The van der Waals surface area contributed by atoms with Crippen LogP contribution >= 0.6 is 11.6 Å². The van der Waals surface area contributed by atoms with Crippen LogP contribution in [0.4, 0.5) is 11.4 Å². The van der Waals surface area contributed by atoms with E-state index in [0.717, 1.165) is 16.8 Å². The van der Waals surface area contributed by atoms with Crippen LogP contribution < -0.4 is 20.8 Å². The molecule has 0 aliphatic carbocycles. The van der Waals surface area contributed by atoms with Gasteiger partial charge in [-0.1, -0.05) is 48.0 Å². The van der Waals surface area contributed by atoms with Gasteiger partial charge in [0.2, 0.25) is 0 Å². The summed E-state index contributed by atoms with van der Waals surface area (Å²) in [7, 11) is 0. The Kier molecular flexibility index (Phi) is 8.37. The third-order valence-electron chi connectivity index (χ3n) is 4.64. The van der Waals surface area contributed by atoms with Gasteiger partial charge in [0.05, 0.1) is 16.9 Å². The zero-order chi connectivity index (χ0) is 24.5. The minimum absolute atomic E-state index is 0.217. The Morgan fingerprint density at radius 1 is 0.912 bits per heavy atom. The molecule has 174 valence electrons. The van der Waals surface area contributed by atoms with Crippen molar-refractivity contribution >= 4 is 46.9 Å². The van der Waals surface area contributed by atoms with Crippen molar-refractivity contribution in [1.29, 1.82) is 0 Å². The highest BCUT2D eigenvalue weighted by atomic mass is 35.5. The lowest BCUT2D eigenvalue weighted by molar-refractivity contribution is -0.136. The lowest BCUT2D eigenvalue weighted by atomic mass is 10.1. The quantitative estimate of drug-likeness (QED) is 0.270. The third kappa shape index (κ3) is 6.91. The number of carbonyl (C=O) groups excluding carboxylic acids is 3. The van der Waals surface area contributed by atoms with E-state index < -0.39 is 11.8 Å². The van der Waals surface area contributed by atoms with Crippen LogP contribution in [0.5, 0.6) is 5.75 Å². The summed E-state index contributed by atoms with van der Waals surface area (Å²) in [4.78, 5) is 36.4. The fourth-order valence-corrected chi connectivity index (χ4v) is 3.05. The summed E-state index contributed by atoms with van der Waals surface area (Å²) in [5, 5.41) is 9.34. The summed E-state index contributed by atoms with van der Waals surface area (Å²) in [6.45, 7) is 3.63. The van der Waals surface area contributed by atoms with Gasteiger partial charge in [0.25, 0.3) is 5.91 Å². The van der Waals surface area contributed by atoms with Gasteiger partial charge >= 0.3 is 11.8 Å². The first-order valence-corrected chi connectivity index (χ1v) is 10.7. The summed E-state index contributed by atoms with van der Waals surface area (Å²) in [5.74, 6) is -1.82. The Hall–Kier alpha value is -4.17. The summed E-state index contributed by atoms with van der Waals surface area (Å²) in [6.07, 6.45) is 1.32. The summed E-state index contributed by atoms with van der Waals surface area (Å²) in [6, 6.07) is 19.2. The molecule has 0 saturated carbocycles. The van der Waals surface area contributed by atoms with Gasteiger partial charge in [0.15, 0.2) is 6.61 Å². The normalized spacial score (nSPS) is 10.6. The van der Waals surface area contributed by atoms with E-state index in [4.69, 9.17) is 16.3 Å². The van der Waals surface area contributed by atoms with Crippen molar-refractivity contribution in [2.45, 2.75) is 13.8 Å². The second-order valence-electron chi connectivity index (χ2n) is 7.33. The molecule has 0 fully saturated rings. The number of halogens is 1. The highest BCUT2D eigenvalue weighted by Gasteiger charge is 2.14. The molecule has 3 N–H and O–H groups in total. The fourth-order valence-electron chi connectivity index (χ4n) is 2.87. The highest BCUT2D eigenvalue weighted by Crippen LogP contribution is 2.20. The molecular weight excluding hydrogens is 456 g/mol. The largest absolute Gasteiger partial charge is 0.483 e. The van der Waals surface area contributed by atoms with Crippen molar-refractivity contribution in [3.05, 3.63) is 88.4 Å². The van der Waals surface area contributed by atoms with E-state index in [1.54, 1.807) is 48.5 Å². The van der Waals surface area contributed by atoms with E-state index in [1.807, 2.05) is 32.0 Å². The minimum Gasteiger partial charge on any atom is -0.483 e. The molecule has 3 amide bonds. The van der Waals surface area contributed by atoms with Crippen LogP contribution in [0.25, 0.3) is 0 Å². The maximum absolute atomic E-state index is 12.3. The molecule has 0 spiro atoms. The maximum atomic E-state index is 12.3. The molecular formula is C25H23ClN4O4. The highest BCUT2D eigenvalue weighted by molar-refractivity contribution is 6.41. The topological polar surface area (TPSA) is 109 Å². The molecule has 0 atom stereocenters. The number of rotatable bonds is 7. The third-order valence-corrected chi connectivity index (χ3v) is 4.97. The summed E-state index contributed by atoms with van der Waals surface area (Å²) < 4.78 is 5.63. The van der Waals surface area contributed by atoms with Crippen molar-refractivity contribution in [2.24, 2.45) is 5.10 Å². The first kappa shape index (κ1) is 24.5. The van der Waals surface area contributed by atoms with Gasteiger partial charge in [-0.05, 0) is 55.3 Å². The zero-order valence-electron chi connectivity index (χ0n) is 18.6. The Bertz CT molecular complexity index is 1240. The van der Waals surface area contributed by atoms with E-state index in [1.165, 1.54) is 6.21 Å². The van der Waals surface area contributed by atoms with Crippen molar-refractivity contribution in [2.75, 3.05) is 17.2 Å². The number of para-hydroxylation sites is 2. The van der Waals surface area contributed by atoms with Crippen LogP contribution in [-0.4, -0.2) is 30.5 Å². The number of amides is 3. The fraction of sp³-hybridized carbons (Fsp3) is 0.120. The first-order valence-electron chi connectivity index (χ1n) is 10.3. The minimum atomic E-state index is -0.970. The number of carbonyl (C=O) groups is 3. The van der Waals surface area contributed by atoms with Crippen LogP contribution in [-0.2, 0) is 14.4 Å². The molecule has 0 aromatic heterocycles. The standard InChI is InChI=1S/C25H23ClN4O4/c1-16-11-12-17(2)21(13-16)28-23(31)15-34-22-10-6-3-7-18(22)14-27-30-25(33)24(32)29-20-9-5-4-8-19(20)26/h3-14H,15H2,1-2H3,(H,28,31)(H,29,32)(H,30,33)/b27-14-. The molecule has 3 rings (SSSR count). The molecule has 3 aromatic carbocycles. The number of nitrogens with zero attached hydrogens (tertiary/aromatic N) is 1. The lowest BCUT2D eigenvalue weighted by Crippen LogP contribution is -2.32. The predicted octanol–water partition coefficient (Wildman–Crippen LogP) is 4.06. The Morgan fingerprint density at radius 2 is 1.65 bits per heavy atom. The molecule has 0 aliphatic rings. The second-order valence-corrected chi connectivity index (χ2v) is 7.73. The Labute approximate surface area is 202 Å². The van der Waals surface area contributed by atoms with Crippen molar-refractivity contribution in [3.63, 3.8) is 0 Å². The number of nitrogens with one attached hydrogen (secondary N) is 3. The molecule has 0 bridgehead atoms. The van der Waals surface area contributed by atoms with Gasteiger partial charge in [0.1, 0.15) is 5.75 Å². The van der Waals surface area contributed by atoms with Crippen LogP contribution in [0.15, 0.2) is 71.8 Å². The average molecular weight is 479 g/mol. The molecule has 9 heteroatoms. The van der Waals surface area contributed by atoms with Gasteiger partial charge < -0.3 is 15.4 Å². The number of aryl methyl sites for hydroxylation is 2. The van der Waals surface area contributed by atoms with Crippen molar-refractivity contribution < 1.29 is 19.1 Å². The molecule has 0 unspecified atom stereocenters. The van der Waals surface area contributed by atoms with Crippen molar-refractivity contribution in [1.82, 2.24) is 5.43 Å². The molecule has 8 nitrogen and oxygen atoms in total. The number of ether oxygens (including phenoxy) is 1. The van der Waals surface area contributed by atoms with Gasteiger partial charge in [0, 0.05) is 11.3 Å². The van der Waals surface area contributed by atoms with Gasteiger partial charge in [-0.2, -0.15) is 5.10 Å². The number of hydrogen-bond acceptors (Lipinski definition) is 5. The van der Waals surface area contributed by atoms with E-state index >= 15 is 0 Å². The number of hydrogen-bond donors (Lipinski definition) is 3. The predicted molar refractivity (Wildman–Crippen MR) is 132 cm³/mol. The monoisotopic (exact) mass is 478 g/mol. The maximum Gasteiger partial charge on any atom is 0.329 e. The van der Waals surface area contributed by atoms with Crippen LogP contribution in [0, 0.1) is 13.8 Å². The van der Waals surface area contributed by atoms with Crippen LogP contribution in [0.1, 0.15) is 16.7 Å². The average Bonchev–Trinajstić information content (AvgIpc) is 2.82. The van der Waals surface area contributed by atoms with Crippen LogP contribution in [0.3, 0.4) is 0 Å². The first-order chi connectivity index (χ1) is 16.3. The molecule has 0 aliphatic heterocycles. The lowest BCUT2D eigenvalue weighted by Gasteiger charge is -2.11. The number of benzene rings is 3. The van der Waals surface area contributed by atoms with Gasteiger partial charge in [-0.15, -0.1) is 0 Å². The molecule has 0 saturated heterocycles. The van der Waals surface area contributed by atoms with E-state index in [0.29, 0.717) is 22.0 Å². The smallest absolute Gasteiger partial charge is 0.329 e.